The second-order valence-electron chi connectivity index (χ2n) is 2.80. The summed E-state index contributed by atoms with van der Waals surface area (Å²) in [4.78, 5) is 0.927. The summed E-state index contributed by atoms with van der Waals surface area (Å²) in [7, 11) is 1.64. The van der Waals surface area contributed by atoms with Crippen LogP contribution in [0.25, 0.3) is 10.1 Å². The van der Waals surface area contributed by atoms with Crippen LogP contribution in [0, 0.1) is 0 Å². The molecule has 3 nitrogen and oxygen atoms in total. The fraction of sp³-hybridized carbons (Fsp3) is 0.100. The Morgan fingerprint density at radius 2 is 2.29 bits per heavy atom. The number of hydrogen-bond donors (Lipinski definition) is 1. The maximum atomic E-state index is 8.40. The zero-order valence-electron chi connectivity index (χ0n) is 7.60. The topological polar surface area (TPSA) is 41.8 Å². The standard InChI is InChI=1S/C10H9NO2S/c1-13-8-2-3-10-7(4-8)5-9(14-10)6-11-12/h2-6,12H,1H3. The highest BCUT2D eigenvalue weighted by Crippen LogP contribution is 2.27. The van der Waals surface area contributed by atoms with E-state index < -0.39 is 0 Å². The average Bonchev–Trinajstić information content (AvgIpc) is 2.59. The van der Waals surface area contributed by atoms with E-state index >= 15 is 0 Å². The predicted octanol–water partition coefficient (Wildman–Crippen LogP) is 2.72. The van der Waals surface area contributed by atoms with Crippen molar-refractivity contribution in [2.24, 2.45) is 5.16 Å². The van der Waals surface area contributed by atoms with Crippen molar-refractivity contribution in [3.8, 4) is 5.75 Å². The number of thiophene rings is 1. The molecule has 1 heterocycles. The third-order valence-electron chi connectivity index (χ3n) is 1.93. The van der Waals surface area contributed by atoms with Crippen LogP contribution < -0.4 is 4.74 Å². The summed E-state index contributed by atoms with van der Waals surface area (Å²) in [6.45, 7) is 0. The Kier molecular flexibility index (Phi) is 2.37. The summed E-state index contributed by atoms with van der Waals surface area (Å²) in [6, 6.07) is 7.83. The molecule has 1 aromatic carbocycles. The Morgan fingerprint density at radius 1 is 1.43 bits per heavy atom. The zero-order chi connectivity index (χ0) is 9.97. The normalized spacial score (nSPS) is 11.2. The molecule has 1 N–H and O–H groups in total. The third kappa shape index (κ3) is 1.56. The van der Waals surface area contributed by atoms with Crippen molar-refractivity contribution in [1.82, 2.24) is 0 Å². The molecule has 0 saturated carbocycles. The Bertz CT molecular complexity index is 476. The lowest BCUT2D eigenvalue weighted by molar-refractivity contribution is 0.322. The van der Waals surface area contributed by atoms with E-state index in [0.717, 1.165) is 20.7 Å². The number of oxime groups is 1. The van der Waals surface area contributed by atoms with Crippen LogP contribution in [0.15, 0.2) is 29.4 Å². The highest BCUT2D eigenvalue weighted by Gasteiger charge is 2.01. The van der Waals surface area contributed by atoms with Gasteiger partial charge in [-0.2, -0.15) is 0 Å². The van der Waals surface area contributed by atoms with Crippen molar-refractivity contribution in [3.63, 3.8) is 0 Å². The monoisotopic (exact) mass is 207 g/mol. The summed E-state index contributed by atoms with van der Waals surface area (Å²) in [6.07, 6.45) is 1.43. The van der Waals surface area contributed by atoms with Crippen LogP contribution in [0.4, 0.5) is 0 Å². The van der Waals surface area contributed by atoms with E-state index in [1.807, 2.05) is 24.3 Å². The van der Waals surface area contributed by atoms with Gasteiger partial charge in [-0.15, -0.1) is 11.3 Å². The minimum atomic E-state index is 0.836. The Labute approximate surface area is 85.2 Å². The molecule has 0 bridgehead atoms. The van der Waals surface area contributed by atoms with Gasteiger partial charge < -0.3 is 9.94 Å². The average molecular weight is 207 g/mol. The molecular formula is C10H9NO2S. The van der Waals surface area contributed by atoms with Gasteiger partial charge in [0, 0.05) is 9.58 Å². The number of nitrogens with zero attached hydrogens (tertiary/aromatic N) is 1. The van der Waals surface area contributed by atoms with Gasteiger partial charge in [-0.05, 0) is 29.7 Å². The van der Waals surface area contributed by atoms with Crippen molar-refractivity contribution in [2.75, 3.05) is 7.11 Å². The number of fused-ring (bicyclic) bond motifs is 1. The first-order valence-corrected chi connectivity index (χ1v) is 4.90. The summed E-state index contributed by atoms with van der Waals surface area (Å²) >= 11 is 1.58. The van der Waals surface area contributed by atoms with Gasteiger partial charge in [0.25, 0.3) is 0 Å². The molecule has 0 atom stereocenters. The van der Waals surface area contributed by atoms with Gasteiger partial charge in [0.05, 0.1) is 13.3 Å². The molecule has 0 unspecified atom stereocenters. The Morgan fingerprint density at radius 3 is 3.00 bits per heavy atom. The number of ether oxygens (including phenoxy) is 1. The maximum absolute atomic E-state index is 8.40. The van der Waals surface area contributed by atoms with Crippen LogP contribution in [0.3, 0.4) is 0 Å². The Balaban J connectivity index is 2.54. The minimum absolute atomic E-state index is 0.836. The first-order valence-electron chi connectivity index (χ1n) is 4.08. The molecule has 0 fully saturated rings. The second kappa shape index (κ2) is 3.67. The van der Waals surface area contributed by atoms with E-state index in [9.17, 15) is 0 Å². The van der Waals surface area contributed by atoms with Crippen molar-refractivity contribution < 1.29 is 9.94 Å². The smallest absolute Gasteiger partial charge is 0.119 e. The Hall–Kier alpha value is -1.55. The highest BCUT2D eigenvalue weighted by molar-refractivity contribution is 7.20. The number of benzene rings is 1. The molecule has 4 heteroatoms. The van der Waals surface area contributed by atoms with Gasteiger partial charge in [-0.25, -0.2) is 0 Å². The van der Waals surface area contributed by atoms with E-state index in [1.165, 1.54) is 6.21 Å². The lowest BCUT2D eigenvalue weighted by Gasteiger charge is -1.97. The number of methoxy groups -OCH3 is 1. The first-order chi connectivity index (χ1) is 6.83. The van der Waals surface area contributed by atoms with E-state index in [4.69, 9.17) is 9.94 Å². The summed E-state index contributed by atoms with van der Waals surface area (Å²) in [5.74, 6) is 0.836. The molecule has 0 radical (unpaired) electrons. The number of rotatable bonds is 2. The number of hydrogen-bond acceptors (Lipinski definition) is 4. The van der Waals surface area contributed by atoms with Crippen LogP contribution in [-0.2, 0) is 0 Å². The first kappa shape index (κ1) is 9.02. The lowest BCUT2D eigenvalue weighted by atomic mass is 10.2. The molecule has 2 aromatic rings. The van der Waals surface area contributed by atoms with Crippen LogP contribution in [0.2, 0.25) is 0 Å². The molecule has 0 spiro atoms. The summed E-state index contributed by atoms with van der Waals surface area (Å²) in [5.41, 5.74) is 0. The molecule has 14 heavy (non-hydrogen) atoms. The van der Waals surface area contributed by atoms with E-state index in [2.05, 4.69) is 5.16 Å². The molecule has 2 rings (SSSR count). The molecule has 0 aliphatic heterocycles. The molecule has 0 aliphatic carbocycles. The minimum Gasteiger partial charge on any atom is -0.497 e. The highest BCUT2D eigenvalue weighted by atomic mass is 32.1. The van der Waals surface area contributed by atoms with Gasteiger partial charge in [0.2, 0.25) is 0 Å². The fourth-order valence-corrected chi connectivity index (χ4v) is 2.20. The van der Waals surface area contributed by atoms with Gasteiger partial charge >= 0.3 is 0 Å². The zero-order valence-corrected chi connectivity index (χ0v) is 8.41. The van der Waals surface area contributed by atoms with E-state index in [0.29, 0.717) is 0 Å². The van der Waals surface area contributed by atoms with Crippen molar-refractivity contribution in [2.45, 2.75) is 0 Å². The summed E-state index contributed by atoms with van der Waals surface area (Å²) < 4.78 is 6.27. The van der Waals surface area contributed by atoms with Crippen LogP contribution in [0.5, 0.6) is 5.75 Å². The van der Waals surface area contributed by atoms with Crippen molar-refractivity contribution >= 4 is 27.6 Å². The largest absolute Gasteiger partial charge is 0.497 e. The maximum Gasteiger partial charge on any atom is 0.119 e. The van der Waals surface area contributed by atoms with Crippen LogP contribution in [0.1, 0.15) is 4.88 Å². The molecular weight excluding hydrogens is 198 g/mol. The lowest BCUT2D eigenvalue weighted by Crippen LogP contribution is -1.79. The van der Waals surface area contributed by atoms with Gasteiger partial charge in [0.1, 0.15) is 5.75 Å². The van der Waals surface area contributed by atoms with Gasteiger partial charge in [-0.3, -0.25) is 0 Å². The van der Waals surface area contributed by atoms with Gasteiger partial charge in [-0.1, -0.05) is 5.16 Å². The quantitative estimate of drug-likeness (QED) is 0.467. The molecule has 1 aromatic heterocycles. The van der Waals surface area contributed by atoms with Crippen LogP contribution in [-0.4, -0.2) is 18.5 Å². The SMILES string of the molecule is COc1ccc2sc(C=NO)cc2c1. The van der Waals surface area contributed by atoms with E-state index in [-0.39, 0.29) is 0 Å². The second-order valence-corrected chi connectivity index (χ2v) is 3.91. The predicted molar refractivity (Wildman–Crippen MR) is 57.8 cm³/mol. The molecule has 0 saturated heterocycles. The van der Waals surface area contributed by atoms with Crippen molar-refractivity contribution in [3.05, 3.63) is 29.1 Å². The van der Waals surface area contributed by atoms with E-state index in [1.54, 1.807) is 18.4 Å². The van der Waals surface area contributed by atoms with Crippen molar-refractivity contribution in [1.29, 1.82) is 0 Å². The van der Waals surface area contributed by atoms with Crippen LogP contribution >= 0.6 is 11.3 Å². The molecule has 0 aliphatic rings. The third-order valence-corrected chi connectivity index (χ3v) is 2.98. The molecule has 0 amide bonds. The van der Waals surface area contributed by atoms with Gasteiger partial charge in [0.15, 0.2) is 0 Å². The molecule has 72 valence electrons. The fourth-order valence-electron chi connectivity index (χ4n) is 1.29. The summed E-state index contributed by atoms with van der Waals surface area (Å²) in [5, 5.41) is 12.5.